The molecular weight excluding hydrogens is 418 g/mol. The van der Waals surface area contributed by atoms with Crippen molar-refractivity contribution in [1.82, 2.24) is 10.6 Å². The molecule has 0 heterocycles. The van der Waals surface area contributed by atoms with Crippen molar-refractivity contribution in [2.24, 2.45) is 5.14 Å². The van der Waals surface area contributed by atoms with Crippen molar-refractivity contribution >= 4 is 15.9 Å². The Hall–Kier alpha value is -2.62. The lowest BCUT2D eigenvalue weighted by Gasteiger charge is -2.15. The summed E-state index contributed by atoms with van der Waals surface area (Å²) in [4.78, 5) is 12.2. The van der Waals surface area contributed by atoms with Gasteiger partial charge in [-0.3, -0.25) is 4.79 Å². The van der Waals surface area contributed by atoms with Crippen LogP contribution in [0.5, 0.6) is 11.5 Å². The number of amides is 1. The van der Waals surface area contributed by atoms with E-state index in [0.717, 1.165) is 11.1 Å². The third-order valence-electron chi connectivity index (χ3n) is 4.60. The smallest absolute Gasteiger partial charge is 0.238 e. The minimum absolute atomic E-state index is 0.0462. The summed E-state index contributed by atoms with van der Waals surface area (Å²) in [5, 5.41) is 11.1. The number of primary sulfonamides is 1. The number of nitrogens with two attached hydrogens (primary N) is 1. The maximum Gasteiger partial charge on any atom is 0.238 e. The Morgan fingerprint density at radius 2 is 1.77 bits per heavy atom. The van der Waals surface area contributed by atoms with Crippen molar-refractivity contribution in [3.8, 4) is 11.5 Å². The van der Waals surface area contributed by atoms with Gasteiger partial charge in [-0.2, -0.15) is 0 Å². The average molecular weight is 450 g/mol. The lowest BCUT2D eigenvalue weighted by atomic mass is 10.1. The molecule has 4 N–H and O–H groups in total. The molecule has 0 aliphatic rings. The van der Waals surface area contributed by atoms with Gasteiger partial charge < -0.3 is 20.1 Å². The van der Waals surface area contributed by atoms with Crippen molar-refractivity contribution in [1.29, 1.82) is 0 Å². The summed E-state index contributed by atoms with van der Waals surface area (Å²) >= 11 is 0. The van der Waals surface area contributed by atoms with Gasteiger partial charge in [-0.1, -0.05) is 18.2 Å². The number of rotatable bonds is 12. The third-order valence-corrected chi connectivity index (χ3v) is 5.51. The highest BCUT2D eigenvalue weighted by Gasteiger charge is 2.12. The predicted molar refractivity (Wildman–Crippen MR) is 120 cm³/mol. The van der Waals surface area contributed by atoms with Gasteiger partial charge in [-0.05, 0) is 62.6 Å². The highest BCUT2D eigenvalue weighted by molar-refractivity contribution is 7.89. The van der Waals surface area contributed by atoms with Crippen molar-refractivity contribution in [2.45, 2.75) is 38.1 Å². The second-order valence-corrected chi connectivity index (χ2v) is 8.53. The molecule has 2 aromatic rings. The lowest BCUT2D eigenvalue weighted by molar-refractivity contribution is -0.120. The summed E-state index contributed by atoms with van der Waals surface area (Å²) in [5.74, 6) is 1.26. The van der Waals surface area contributed by atoms with Crippen LogP contribution >= 0.6 is 0 Å². The Balaban J connectivity index is 1.83. The molecule has 0 aromatic heterocycles. The maximum absolute atomic E-state index is 12.2. The van der Waals surface area contributed by atoms with Gasteiger partial charge in [-0.25, -0.2) is 13.6 Å². The number of ether oxygens (including phenoxy) is 2. The Labute approximate surface area is 184 Å². The predicted octanol–water partition coefficient (Wildman–Crippen LogP) is 2.14. The van der Waals surface area contributed by atoms with Crippen LogP contribution in [0.1, 0.15) is 37.9 Å². The summed E-state index contributed by atoms with van der Waals surface area (Å²) in [6, 6.07) is 11.9. The van der Waals surface area contributed by atoms with Gasteiger partial charge in [0.1, 0.15) is 0 Å². The van der Waals surface area contributed by atoms with E-state index < -0.39 is 10.0 Å². The molecule has 31 heavy (non-hydrogen) atoms. The quantitative estimate of drug-likeness (QED) is 0.457. The van der Waals surface area contributed by atoms with E-state index >= 15 is 0 Å². The van der Waals surface area contributed by atoms with Crippen molar-refractivity contribution in [2.75, 3.05) is 26.3 Å². The Morgan fingerprint density at radius 1 is 1.06 bits per heavy atom. The summed E-state index contributed by atoms with van der Waals surface area (Å²) in [7, 11) is -3.77. The number of carbonyl (C=O) groups is 1. The van der Waals surface area contributed by atoms with Gasteiger partial charge in [0.15, 0.2) is 11.5 Å². The van der Waals surface area contributed by atoms with Crippen LogP contribution in [-0.4, -0.2) is 40.6 Å². The molecule has 0 aliphatic heterocycles. The average Bonchev–Trinajstić information content (AvgIpc) is 2.73. The van der Waals surface area contributed by atoms with Crippen LogP contribution < -0.4 is 25.2 Å². The van der Waals surface area contributed by atoms with E-state index in [1.807, 2.05) is 39.0 Å². The summed E-state index contributed by atoms with van der Waals surface area (Å²) in [5.41, 5.74) is 1.77. The molecule has 2 rings (SSSR count). The second kappa shape index (κ2) is 11.7. The number of benzene rings is 2. The molecule has 0 aliphatic carbocycles. The van der Waals surface area contributed by atoms with Crippen LogP contribution in [-0.2, 0) is 21.2 Å². The van der Waals surface area contributed by atoms with Gasteiger partial charge in [0.25, 0.3) is 0 Å². The minimum Gasteiger partial charge on any atom is -0.490 e. The fraction of sp³-hybridized carbons (Fsp3) is 0.409. The zero-order valence-corrected chi connectivity index (χ0v) is 19.0. The maximum atomic E-state index is 12.2. The zero-order chi connectivity index (χ0) is 22.9. The van der Waals surface area contributed by atoms with E-state index in [0.29, 0.717) is 37.7 Å². The molecule has 0 bridgehead atoms. The Kier molecular flexibility index (Phi) is 9.29. The van der Waals surface area contributed by atoms with Gasteiger partial charge in [0.05, 0.1) is 24.7 Å². The van der Waals surface area contributed by atoms with Crippen LogP contribution in [0.15, 0.2) is 47.4 Å². The largest absolute Gasteiger partial charge is 0.490 e. The molecule has 2 aromatic carbocycles. The molecule has 8 nitrogen and oxygen atoms in total. The van der Waals surface area contributed by atoms with Crippen LogP contribution in [0, 0.1) is 0 Å². The van der Waals surface area contributed by atoms with Gasteiger partial charge >= 0.3 is 0 Å². The van der Waals surface area contributed by atoms with Gasteiger partial charge in [0, 0.05) is 12.6 Å². The van der Waals surface area contributed by atoms with Crippen molar-refractivity contribution in [3.05, 3.63) is 53.6 Å². The number of sulfonamides is 1. The summed E-state index contributed by atoms with van der Waals surface area (Å²) < 4.78 is 34.2. The number of carbonyl (C=O) groups excluding carboxylic acids is 1. The van der Waals surface area contributed by atoms with Gasteiger partial charge in [-0.15, -0.1) is 0 Å². The molecule has 1 atom stereocenters. The highest BCUT2D eigenvalue weighted by atomic mass is 32.2. The van der Waals surface area contributed by atoms with Crippen molar-refractivity contribution in [3.63, 3.8) is 0 Å². The van der Waals surface area contributed by atoms with E-state index in [-0.39, 0.29) is 23.4 Å². The summed E-state index contributed by atoms with van der Waals surface area (Å²) in [6.45, 7) is 7.39. The standard InChI is InChI=1S/C22H31N3O5S/c1-4-29-20-10-9-17(13-21(20)30-5-2)11-12-24-22(26)15-25-16(3)18-7-6-8-19(14-18)31(23,27)28/h6-10,13-14,16,25H,4-5,11-12,15H2,1-3H3,(H,24,26)(H2,23,27,28)/t16-/m1/s1. The van der Waals surface area contributed by atoms with Crippen LogP contribution in [0.25, 0.3) is 0 Å². The Morgan fingerprint density at radius 3 is 2.45 bits per heavy atom. The molecule has 1 amide bonds. The third kappa shape index (κ3) is 7.86. The van der Waals surface area contributed by atoms with Gasteiger partial charge in [0.2, 0.25) is 15.9 Å². The van der Waals surface area contributed by atoms with E-state index in [4.69, 9.17) is 14.6 Å². The first kappa shape index (κ1) is 24.6. The molecular formula is C22H31N3O5S. The van der Waals surface area contributed by atoms with E-state index in [9.17, 15) is 13.2 Å². The topological polar surface area (TPSA) is 120 Å². The number of hydrogen-bond donors (Lipinski definition) is 3. The minimum atomic E-state index is -3.77. The number of hydrogen-bond acceptors (Lipinski definition) is 6. The van der Waals surface area contributed by atoms with E-state index in [1.165, 1.54) is 12.1 Å². The molecule has 0 fully saturated rings. The second-order valence-electron chi connectivity index (χ2n) is 6.97. The van der Waals surface area contributed by atoms with Crippen LogP contribution in [0.3, 0.4) is 0 Å². The molecule has 0 radical (unpaired) electrons. The first-order chi connectivity index (χ1) is 14.7. The fourth-order valence-corrected chi connectivity index (χ4v) is 3.55. The molecule has 9 heteroatoms. The first-order valence-electron chi connectivity index (χ1n) is 10.3. The molecule has 0 saturated carbocycles. The van der Waals surface area contributed by atoms with Crippen LogP contribution in [0.2, 0.25) is 0 Å². The highest BCUT2D eigenvalue weighted by Crippen LogP contribution is 2.28. The lowest BCUT2D eigenvalue weighted by Crippen LogP contribution is -2.36. The molecule has 0 spiro atoms. The first-order valence-corrected chi connectivity index (χ1v) is 11.8. The number of nitrogens with one attached hydrogen (secondary N) is 2. The molecule has 170 valence electrons. The summed E-state index contributed by atoms with van der Waals surface area (Å²) in [6.07, 6.45) is 0.657. The zero-order valence-electron chi connectivity index (χ0n) is 18.2. The van der Waals surface area contributed by atoms with Crippen LogP contribution in [0.4, 0.5) is 0 Å². The SMILES string of the molecule is CCOc1ccc(CCNC(=O)CN[C@H](C)c2cccc(S(N)(=O)=O)c2)cc1OCC. The van der Waals surface area contributed by atoms with E-state index in [1.54, 1.807) is 12.1 Å². The normalized spacial score (nSPS) is 12.3. The Bertz CT molecular complexity index is 979. The van der Waals surface area contributed by atoms with Crippen molar-refractivity contribution < 1.29 is 22.7 Å². The molecule has 0 unspecified atom stereocenters. The van der Waals surface area contributed by atoms with E-state index in [2.05, 4.69) is 10.6 Å². The fourth-order valence-electron chi connectivity index (χ4n) is 2.98. The monoisotopic (exact) mass is 449 g/mol. The molecule has 0 saturated heterocycles.